The third-order valence-electron chi connectivity index (χ3n) is 2.33. The highest BCUT2D eigenvalue weighted by Crippen LogP contribution is 2.15. The van der Waals surface area contributed by atoms with Crippen molar-refractivity contribution in [1.82, 2.24) is 4.90 Å². The second-order valence-corrected chi connectivity index (χ2v) is 3.76. The van der Waals surface area contributed by atoms with E-state index in [4.69, 9.17) is 0 Å². The monoisotopic (exact) mass is 231 g/mol. The van der Waals surface area contributed by atoms with E-state index in [1.165, 1.54) is 11.9 Å². The molecule has 5 heteroatoms. The Bertz CT molecular complexity index is 395. The molecule has 2 nitrogen and oxygen atoms in total. The van der Waals surface area contributed by atoms with Crippen LogP contribution in [0.5, 0.6) is 0 Å². The van der Waals surface area contributed by atoms with Gasteiger partial charge in [-0.25, -0.2) is 13.2 Å². The van der Waals surface area contributed by atoms with E-state index in [9.17, 15) is 18.0 Å². The molecule has 0 atom stereocenters. The number of rotatable bonds is 2. The minimum absolute atomic E-state index is 0.108. The molecule has 0 aromatic heterocycles. The second kappa shape index (κ2) is 4.55. The largest absolute Gasteiger partial charge is 0.339 e. The number of benzene rings is 1. The molecule has 0 unspecified atom stereocenters. The molecule has 1 aromatic carbocycles. The molecular formula is C11H12F3NO. The Morgan fingerprint density at radius 1 is 1.19 bits per heavy atom. The number of hydrogen-bond acceptors (Lipinski definition) is 1. The quantitative estimate of drug-likeness (QED) is 0.716. The number of halogens is 3. The van der Waals surface area contributed by atoms with Crippen LogP contribution in [0.25, 0.3) is 0 Å². The van der Waals surface area contributed by atoms with Crippen LogP contribution in [0.3, 0.4) is 0 Å². The van der Waals surface area contributed by atoms with Gasteiger partial charge in [0.2, 0.25) is 0 Å². The van der Waals surface area contributed by atoms with Gasteiger partial charge in [0.25, 0.3) is 5.91 Å². The van der Waals surface area contributed by atoms with Gasteiger partial charge in [0.15, 0.2) is 17.5 Å². The summed E-state index contributed by atoms with van der Waals surface area (Å²) in [5, 5.41) is 0. The van der Waals surface area contributed by atoms with Crippen molar-refractivity contribution in [3.05, 3.63) is 35.1 Å². The lowest BCUT2D eigenvalue weighted by molar-refractivity contribution is 0.0753. The smallest absolute Gasteiger partial charge is 0.254 e. The summed E-state index contributed by atoms with van der Waals surface area (Å²) in [5.41, 5.74) is -0.201. The highest BCUT2D eigenvalue weighted by atomic mass is 19.2. The molecule has 0 aliphatic rings. The van der Waals surface area contributed by atoms with E-state index in [2.05, 4.69) is 0 Å². The first-order valence-electron chi connectivity index (χ1n) is 4.76. The van der Waals surface area contributed by atoms with E-state index in [1.54, 1.807) is 13.8 Å². The summed E-state index contributed by atoms with van der Waals surface area (Å²) < 4.78 is 38.4. The van der Waals surface area contributed by atoms with Crippen molar-refractivity contribution in [2.45, 2.75) is 19.9 Å². The maximum Gasteiger partial charge on any atom is 0.254 e. The molecule has 0 radical (unpaired) electrons. The third-order valence-corrected chi connectivity index (χ3v) is 2.33. The lowest BCUT2D eigenvalue weighted by Gasteiger charge is -2.21. The van der Waals surface area contributed by atoms with Gasteiger partial charge < -0.3 is 4.90 Å². The zero-order valence-electron chi connectivity index (χ0n) is 9.22. The van der Waals surface area contributed by atoms with Gasteiger partial charge in [-0.1, -0.05) is 0 Å². The van der Waals surface area contributed by atoms with Crippen LogP contribution in [0.1, 0.15) is 24.2 Å². The average Bonchev–Trinajstić information content (AvgIpc) is 2.22. The molecule has 0 bridgehead atoms. The fraction of sp³-hybridized carbons (Fsp3) is 0.364. The first-order valence-corrected chi connectivity index (χ1v) is 4.76. The Kier molecular flexibility index (Phi) is 3.57. The predicted molar refractivity (Wildman–Crippen MR) is 53.5 cm³/mol. The standard InChI is InChI=1S/C11H12F3NO/c1-6(2)15(3)11(16)7-4-8(12)10(14)9(13)5-7/h4-6H,1-3H3. The SMILES string of the molecule is CC(C)N(C)C(=O)c1cc(F)c(F)c(F)c1. The van der Waals surface area contributed by atoms with Crippen molar-refractivity contribution in [2.24, 2.45) is 0 Å². The predicted octanol–water partition coefficient (Wildman–Crippen LogP) is 2.58. The van der Waals surface area contributed by atoms with Crippen LogP contribution < -0.4 is 0 Å². The van der Waals surface area contributed by atoms with Gasteiger partial charge in [-0.3, -0.25) is 4.79 Å². The summed E-state index contributed by atoms with van der Waals surface area (Å²) in [6, 6.07) is 1.28. The van der Waals surface area contributed by atoms with Gasteiger partial charge in [0, 0.05) is 18.7 Å². The fourth-order valence-electron chi connectivity index (χ4n) is 1.12. The Hall–Kier alpha value is -1.52. The van der Waals surface area contributed by atoms with Crippen LogP contribution in [0.15, 0.2) is 12.1 Å². The van der Waals surface area contributed by atoms with E-state index in [0.29, 0.717) is 12.1 Å². The number of hydrogen-bond donors (Lipinski definition) is 0. The van der Waals surface area contributed by atoms with Crippen LogP contribution in [0, 0.1) is 17.5 Å². The van der Waals surface area contributed by atoms with Crippen LogP contribution in [0.2, 0.25) is 0 Å². The van der Waals surface area contributed by atoms with E-state index in [1.807, 2.05) is 0 Å². The Balaban J connectivity index is 3.11. The lowest BCUT2D eigenvalue weighted by atomic mass is 10.1. The van der Waals surface area contributed by atoms with E-state index in [-0.39, 0.29) is 11.6 Å². The number of carbonyl (C=O) groups excluding carboxylic acids is 1. The van der Waals surface area contributed by atoms with Crippen molar-refractivity contribution >= 4 is 5.91 Å². The average molecular weight is 231 g/mol. The second-order valence-electron chi connectivity index (χ2n) is 3.76. The van der Waals surface area contributed by atoms with Crippen molar-refractivity contribution in [3.63, 3.8) is 0 Å². The Morgan fingerprint density at radius 2 is 1.62 bits per heavy atom. The van der Waals surface area contributed by atoms with Crippen LogP contribution >= 0.6 is 0 Å². The van der Waals surface area contributed by atoms with Crippen molar-refractivity contribution < 1.29 is 18.0 Å². The minimum Gasteiger partial charge on any atom is -0.339 e. The summed E-state index contributed by atoms with van der Waals surface area (Å²) in [4.78, 5) is 13.0. The molecule has 0 fully saturated rings. The van der Waals surface area contributed by atoms with Crippen molar-refractivity contribution in [1.29, 1.82) is 0 Å². The lowest BCUT2D eigenvalue weighted by Crippen LogP contribution is -2.33. The highest BCUT2D eigenvalue weighted by Gasteiger charge is 2.19. The summed E-state index contributed by atoms with van der Waals surface area (Å²) in [6.07, 6.45) is 0. The molecule has 16 heavy (non-hydrogen) atoms. The van der Waals surface area contributed by atoms with E-state index >= 15 is 0 Å². The summed E-state index contributed by atoms with van der Waals surface area (Å²) >= 11 is 0. The molecular weight excluding hydrogens is 219 g/mol. The van der Waals surface area contributed by atoms with Gasteiger partial charge in [0.1, 0.15) is 0 Å². The normalized spacial score (nSPS) is 10.7. The number of nitrogens with zero attached hydrogens (tertiary/aromatic N) is 1. The van der Waals surface area contributed by atoms with Gasteiger partial charge in [-0.2, -0.15) is 0 Å². The third kappa shape index (κ3) is 2.35. The molecule has 0 heterocycles. The topological polar surface area (TPSA) is 20.3 Å². The maximum atomic E-state index is 12.9. The highest BCUT2D eigenvalue weighted by molar-refractivity contribution is 5.94. The molecule has 0 saturated heterocycles. The van der Waals surface area contributed by atoms with E-state index < -0.39 is 23.4 Å². The number of amides is 1. The minimum atomic E-state index is -1.57. The molecule has 1 amide bonds. The first-order chi connectivity index (χ1) is 7.34. The van der Waals surface area contributed by atoms with Crippen LogP contribution in [0.4, 0.5) is 13.2 Å². The van der Waals surface area contributed by atoms with Crippen LogP contribution in [-0.4, -0.2) is 23.9 Å². The maximum absolute atomic E-state index is 12.9. The molecule has 0 aliphatic carbocycles. The zero-order chi connectivity index (χ0) is 12.5. The van der Waals surface area contributed by atoms with Gasteiger partial charge in [-0.15, -0.1) is 0 Å². The van der Waals surface area contributed by atoms with Gasteiger partial charge in [-0.05, 0) is 26.0 Å². The van der Waals surface area contributed by atoms with Crippen molar-refractivity contribution in [3.8, 4) is 0 Å². The van der Waals surface area contributed by atoms with Gasteiger partial charge >= 0.3 is 0 Å². The van der Waals surface area contributed by atoms with Gasteiger partial charge in [0.05, 0.1) is 0 Å². The molecule has 0 N–H and O–H groups in total. The van der Waals surface area contributed by atoms with Crippen molar-refractivity contribution in [2.75, 3.05) is 7.05 Å². The van der Waals surface area contributed by atoms with Crippen LogP contribution in [-0.2, 0) is 0 Å². The summed E-state index contributed by atoms with van der Waals surface area (Å²) in [7, 11) is 1.51. The molecule has 0 saturated carbocycles. The Labute approximate surface area is 91.7 Å². The molecule has 1 aromatic rings. The zero-order valence-corrected chi connectivity index (χ0v) is 9.22. The van der Waals surface area contributed by atoms with E-state index in [0.717, 1.165) is 0 Å². The Morgan fingerprint density at radius 3 is 2.00 bits per heavy atom. The fourth-order valence-corrected chi connectivity index (χ4v) is 1.12. The molecule has 0 aliphatic heterocycles. The summed E-state index contributed by atoms with van der Waals surface area (Å²) in [6.45, 7) is 3.52. The molecule has 0 spiro atoms. The molecule has 1 rings (SSSR count). The first kappa shape index (κ1) is 12.5. The summed E-state index contributed by atoms with van der Waals surface area (Å²) in [5.74, 6) is -4.84. The number of carbonyl (C=O) groups is 1. The molecule has 88 valence electrons.